The van der Waals surface area contributed by atoms with Gasteiger partial charge in [0.25, 0.3) is 5.91 Å². The van der Waals surface area contributed by atoms with Gasteiger partial charge in [0.15, 0.2) is 0 Å². The minimum Gasteiger partial charge on any atom is -0.356 e. The summed E-state index contributed by atoms with van der Waals surface area (Å²) < 4.78 is 37.8. The highest BCUT2D eigenvalue weighted by Crippen LogP contribution is 2.34. The number of anilines is 1. The van der Waals surface area contributed by atoms with Crippen molar-refractivity contribution in [1.29, 1.82) is 0 Å². The number of nitrogens with zero attached hydrogens (tertiary/aromatic N) is 4. The topological polar surface area (TPSA) is 49.3 Å². The number of amides is 1. The SMILES string of the molecule is O=C(c1ccc(C(F)(F)F)nc1)N1CC2CN(c3ccc(Cl)cn3)CC2C1. The Labute approximate surface area is 158 Å². The van der Waals surface area contributed by atoms with E-state index in [1.807, 2.05) is 6.07 Å². The van der Waals surface area contributed by atoms with Gasteiger partial charge in [-0.05, 0) is 24.3 Å². The Hall–Kier alpha value is -2.35. The fourth-order valence-electron chi connectivity index (χ4n) is 3.77. The minimum absolute atomic E-state index is 0.180. The molecular weight excluding hydrogens is 381 g/mol. The zero-order valence-corrected chi connectivity index (χ0v) is 14.9. The summed E-state index contributed by atoms with van der Waals surface area (Å²) in [5.41, 5.74) is -0.817. The summed E-state index contributed by atoms with van der Waals surface area (Å²) in [6.45, 7) is 2.73. The Balaban J connectivity index is 1.40. The normalized spacial score (nSPS) is 22.2. The van der Waals surface area contributed by atoms with Crippen LogP contribution in [0.3, 0.4) is 0 Å². The van der Waals surface area contributed by atoms with Crippen LogP contribution >= 0.6 is 11.6 Å². The van der Waals surface area contributed by atoms with Gasteiger partial charge in [-0.15, -0.1) is 0 Å². The van der Waals surface area contributed by atoms with Crippen molar-refractivity contribution in [2.75, 3.05) is 31.1 Å². The predicted octanol–water partition coefficient (Wildman–Crippen LogP) is 3.36. The lowest BCUT2D eigenvalue weighted by molar-refractivity contribution is -0.141. The summed E-state index contributed by atoms with van der Waals surface area (Å²) >= 11 is 5.87. The van der Waals surface area contributed by atoms with Crippen molar-refractivity contribution in [2.24, 2.45) is 11.8 Å². The number of carbonyl (C=O) groups is 1. The van der Waals surface area contributed by atoms with Crippen molar-refractivity contribution in [3.05, 3.63) is 52.9 Å². The van der Waals surface area contributed by atoms with E-state index in [0.29, 0.717) is 29.9 Å². The molecule has 2 fully saturated rings. The third-order valence-corrected chi connectivity index (χ3v) is 5.33. The maximum Gasteiger partial charge on any atom is 0.433 e. The van der Waals surface area contributed by atoms with Crippen LogP contribution in [-0.4, -0.2) is 47.0 Å². The van der Waals surface area contributed by atoms with Gasteiger partial charge in [0, 0.05) is 50.4 Å². The van der Waals surface area contributed by atoms with Gasteiger partial charge >= 0.3 is 6.18 Å². The van der Waals surface area contributed by atoms with Crippen molar-refractivity contribution < 1.29 is 18.0 Å². The number of hydrogen-bond donors (Lipinski definition) is 0. The van der Waals surface area contributed by atoms with Crippen LogP contribution in [0.2, 0.25) is 5.02 Å². The highest BCUT2D eigenvalue weighted by Gasteiger charge is 2.42. The monoisotopic (exact) mass is 396 g/mol. The number of carbonyl (C=O) groups excluding carboxylic acids is 1. The molecule has 2 aromatic heterocycles. The molecule has 2 aliphatic rings. The lowest BCUT2D eigenvalue weighted by Crippen LogP contribution is -2.33. The second-order valence-corrected chi connectivity index (χ2v) is 7.34. The van der Waals surface area contributed by atoms with Crippen LogP contribution in [0.25, 0.3) is 0 Å². The van der Waals surface area contributed by atoms with E-state index in [1.54, 1.807) is 17.2 Å². The van der Waals surface area contributed by atoms with Crippen molar-refractivity contribution in [1.82, 2.24) is 14.9 Å². The fraction of sp³-hybridized carbons (Fsp3) is 0.389. The Bertz CT molecular complexity index is 827. The van der Waals surface area contributed by atoms with Crippen molar-refractivity contribution in [3.8, 4) is 0 Å². The van der Waals surface area contributed by atoms with E-state index in [2.05, 4.69) is 14.9 Å². The molecular formula is C18H16ClF3N4O. The Morgan fingerprint density at radius 2 is 1.70 bits per heavy atom. The minimum atomic E-state index is -4.51. The quantitative estimate of drug-likeness (QED) is 0.781. The second kappa shape index (κ2) is 6.67. The molecule has 0 aliphatic carbocycles. The van der Waals surface area contributed by atoms with Crippen LogP contribution < -0.4 is 4.90 Å². The van der Waals surface area contributed by atoms with E-state index in [1.165, 1.54) is 6.07 Å². The van der Waals surface area contributed by atoms with Crippen molar-refractivity contribution in [3.63, 3.8) is 0 Å². The summed E-state index contributed by atoms with van der Waals surface area (Å²) in [7, 11) is 0. The molecule has 2 unspecified atom stereocenters. The first-order valence-corrected chi connectivity index (χ1v) is 8.88. The van der Waals surface area contributed by atoms with Gasteiger partial charge in [0.1, 0.15) is 11.5 Å². The maximum atomic E-state index is 12.6. The molecule has 0 spiro atoms. The molecule has 2 atom stereocenters. The van der Waals surface area contributed by atoms with Crippen LogP contribution in [0.1, 0.15) is 16.1 Å². The van der Waals surface area contributed by atoms with E-state index in [4.69, 9.17) is 11.6 Å². The molecule has 1 amide bonds. The van der Waals surface area contributed by atoms with Crippen LogP contribution in [0.15, 0.2) is 36.7 Å². The molecule has 2 aromatic rings. The van der Waals surface area contributed by atoms with Crippen LogP contribution in [0.5, 0.6) is 0 Å². The summed E-state index contributed by atoms with van der Waals surface area (Å²) in [5.74, 6) is 1.21. The molecule has 4 rings (SSSR count). The molecule has 0 saturated carbocycles. The van der Waals surface area contributed by atoms with Gasteiger partial charge < -0.3 is 9.80 Å². The lowest BCUT2D eigenvalue weighted by Gasteiger charge is -2.22. The van der Waals surface area contributed by atoms with Gasteiger partial charge in [0.05, 0.1) is 10.6 Å². The average molecular weight is 397 g/mol. The molecule has 4 heterocycles. The van der Waals surface area contributed by atoms with Crippen LogP contribution in [0.4, 0.5) is 19.0 Å². The molecule has 2 aliphatic heterocycles. The van der Waals surface area contributed by atoms with E-state index >= 15 is 0 Å². The first kappa shape index (κ1) is 18.0. The molecule has 142 valence electrons. The van der Waals surface area contributed by atoms with Gasteiger partial charge in [-0.1, -0.05) is 11.6 Å². The highest BCUT2D eigenvalue weighted by atomic mass is 35.5. The molecule has 0 N–H and O–H groups in total. The van der Waals surface area contributed by atoms with Gasteiger partial charge in [-0.3, -0.25) is 9.78 Å². The smallest absolute Gasteiger partial charge is 0.356 e. The van der Waals surface area contributed by atoms with E-state index in [0.717, 1.165) is 31.2 Å². The number of aromatic nitrogens is 2. The molecule has 27 heavy (non-hydrogen) atoms. The number of halogens is 4. The summed E-state index contributed by atoms with van der Waals surface area (Å²) in [4.78, 5) is 24.2. The predicted molar refractivity (Wildman–Crippen MR) is 93.6 cm³/mol. The lowest BCUT2D eigenvalue weighted by atomic mass is 10.0. The third-order valence-electron chi connectivity index (χ3n) is 5.11. The van der Waals surface area contributed by atoms with Crippen LogP contribution in [0, 0.1) is 11.8 Å². The van der Waals surface area contributed by atoms with E-state index in [-0.39, 0.29) is 11.5 Å². The first-order chi connectivity index (χ1) is 12.8. The number of pyridine rings is 2. The third kappa shape index (κ3) is 3.58. The largest absolute Gasteiger partial charge is 0.433 e. The summed E-state index contributed by atoms with van der Waals surface area (Å²) in [6.07, 6.45) is -1.90. The fourth-order valence-corrected chi connectivity index (χ4v) is 3.88. The van der Waals surface area contributed by atoms with Gasteiger partial charge in [0.2, 0.25) is 0 Å². The Kier molecular flexibility index (Phi) is 4.46. The number of rotatable bonds is 2. The molecule has 9 heteroatoms. The van der Waals surface area contributed by atoms with Crippen LogP contribution in [-0.2, 0) is 6.18 Å². The Morgan fingerprint density at radius 1 is 1.00 bits per heavy atom. The van der Waals surface area contributed by atoms with Gasteiger partial charge in [-0.2, -0.15) is 13.2 Å². The first-order valence-electron chi connectivity index (χ1n) is 8.50. The molecule has 0 aromatic carbocycles. The molecule has 0 radical (unpaired) electrons. The number of alkyl halides is 3. The molecule has 5 nitrogen and oxygen atoms in total. The number of fused-ring (bicyclic) bond motifs is 1. The standard InChI is InChI=1S/C18H16ClF3N4O/c19-14-2-4-16(24-6-14)25-7-12-9-26(10-13(12)8-25)17(27)11-1-3-15(23-5-11)18(20,21)22/h1-6,12-13H,7-10H2. The van der Waals surface area contributed by atoms with E-state index < -0.39 is 11.9 Å². The second-order valence-electron chi connectivity index (χ2n) is 6.90. The van der Waals surface area contributed by atoms with Gasteiger partial charge in [-0.25, -0.2) is 4.98 Å². The zero-order chi connectivity index (χ0) is 19.2. The number of likely N-dealkylation sites (tertiary alicyclic amines) is 1. The summed E-state index contributed by atoms with van der Waals surface area (Å²) in [6, 6.07) is 5.71. The number of hydrogen-bond acceptors (Lipinski definition) is 4. The highest BCUT2D eigenvalue weighted by molar-refractivity contribution is 6.30. The maximum absolute atomic E-state index is 12.6. The molecule has 0 bridgehead atoms. The molecule has 2 saturated heterocycles. The average Bonchev–Trinajstić information content (AvgIpc) is 3.20. The van der Waals surface area contributed by atoms with Crippen molar-refractivity contribution in [2.45, 2.75) is 6.18 Å². The zero-order valence-electron chi connectivity index (χ0n) is 14.2. The Morgan fingerprint density at radius 3 is 2.22 bits per heavy atom. The summed E-state index contributed by atoms with van der Waals surface area (Å²) in [5, 5.41) is 0.583. The van der Waals surface area contributed by atoms with Crippen molar-refractivity contribution >= 4 is 23.3 Å². The van der Waals surface area contributed by atoms with E-state index in [9.17, 15) is 18.0 Å².